The largest absolute Gasteiger partial charge is 0.396 e. The van der Waals surface area contributed by atoms with Crippen LogP contribution in [0.5, 0.6) is 0 Å². The molecule has 0 aromatic heterocycles. The van der Waals surface area contributed by atoms with Gasteiger partial charge in [0.1, 0.15) is 6.04 Å². The molecule has 5 rings (SSSR count). The van der Waals surface area contributed by atoms with Gasteiger partial charge in [-0.3, -0.25) is 14.4 Å². The van der Waals surface area contributed by atoms with Crippen LogP contribution in [0.15, 0.2) is 30.3 Å². The summed E-state index contributed by atoms with van der Waals surface area (Å²) < 4.78 is -0.930. The van der Waals surface area contributed by atoms with Crippen molar-refractivity contribution in [3.05, 3.63) is 35.9 Å². The van der Waals surface area contributed by atoms with Gasteiger partial charge < -0.3 is 20.6 Å². The molecule has 4 fully saturated rings. The van der Waals surface area contributed by atoms with Gasteiger partial charge in [-0.15, -0.1) is 11.8 Å². The first-order valence-corrected chi connectivity index (χ1v) is 14.4. The van der Waals surface area contributed by atoms with Crippen LogP contribution in [0.1, 0.15) is 70.3 Å². The van der Waals surface area contributed by atoms with Gasteiger partial charge in [0.25, 0.3) is 0 Å². The number of hydrogen-bond donors (Lipinski definition) is 3. The quantitative estimate of drug-likeness (QED) is 0.441. The van der Waals surface area contributed by atoms with Crippen molar-refractivity contribution in [2.24, 2.45) is 11.8 Å². The minimum absolute atomic E-state index is 0.0520. The van der Waals surface area contributed by atoms with Gasteiger partial charge in [0.05, 0.1) is 16.6 Å². The lowest BCUT2D eigenvalue weighted by atomic mass is 9.66. The Kier molecular flexibility index (Phi) is 7.37. The topological polar surface area (TPSA) is 98.7 Å². The first-order valence-electron chi connectivity index (χ1n) is 13.6. The average Bonchev–Trinajstić information content (AvgIpc) is 3.45. The van der Waals surface area contributed by atoms with Crippen LogP contribution in [0.4, 0.5) is 0 Å². The normalized spacial score (nSPS) is 33.6. The lowest BCUT2D eigenvalue weighted by Gasteiger charge is -2.36. The van der Waals surface area contributed by atoms with Crippen molar-refractivity contribution in [1.82, 2.24) is 15.5 Å². The molecule has 3 aliphatic heterocycles. The van der Waals surface area contributed by atoms with Gasteiger partial charge in [-0.1, -0.05) is 49.6 Å². The summed E-state index contributed by atoms with van der Waals surface area (Å²) in [5.74, 6) is -1.15. The fourth-order valence-electron chi connectivity index (χ4n) is 7.18. The molecule has 0 radical (unpaired) electrons. The summed E-state index contributed by atoms with van der Waals surface area (Å²) in [5.41, 5.74) is 1.02. The number of aliphatic hydroxyl groups excluding tert-OH is 1. The highest BCUT2D eigenvalue weighted by Crippen LogP contribution is 2.71. The van der Waals surface area contributed by atoms with E-state index >= 15 is 0 Å². The molecule has 8 heteroatoms. The Balaban J connectivity index is 1.40. The molecule has 2 bridgehead atoms. The van der Waals surface area contributed by atoms with Crippen LogP contribution >= 0.6 is 11.8 Å². The van der Waals surface area contributed by atoms with E-state index in [0.717, 1.165) is 44.1 Å². The molecule has 1 aromatic rings. The van der Waals surface area contributed by atoms with E-state index in [1.807, 2.05) is 30.3 Å². The van der Waals surface area contributed by atoms with Crippen LogP contribution in [0.25, 0.3) is 0 Å². The van der Waals surface area contributed by atoms with Gasteiger partial charge in [0.15, 0.2) is 0 Å². The molecule has 3 saturated heterocycles. The predicted octanol–water partition coefficient (Wildman–Crippen LogP) is 3.01. The van der Waals surface area contributed by atoms with Gasteiger partial charge in [0.2, 0.25) is 17.7 Å². The van der Waals surface area contributed by atoms with E-state index in [4.69, 9.17) is 0 Å². The lowest BCUT2D eigenvalue weighted by Crippen LogP contribution is -2.55. The fraction of sp³-hybridized carbons (Fsp3) is 0.679. The number of carbonyl (C=O) groups excluding carboxylic acids is 3. The second-order valence-corrected chi connectivity index (χ2v) is 13.1. The Morgan fingerprint density at radius 3 is 2.56 bits per heavy atom. The minimum Gasteiger partial charge on any atom is -0.396 e. The highest BCUT2D eigenvalue weighted by Gasteiger charge is 2.77. The standard InChI is InChI=1S/C28H39N3O4S/c1-27-14-15-28(36-27)22(21(27)24(33)29-18-19-10-4-2-5-11-19)26(35)31(16-8-9-17-32)23(28)25(34)30-20-12-6-3-7-13-20/h2,4-5,10-11,20-23,32H,3,6-9,12-18H2,1H3,(H,29,33)(H,30,34)/t21-,22-,23?,27+,28?/m0/s1. The molecule has 3 N–H and O–H groups in total. The molecular weight excluding hydrogens is 474 g/mol. The van der Waals surface area contributed by atoms with Crippen molar-refractivity contribution < 1.29 is 19.5 Å². The van der Waals surface area contributed by atoms with Gasteiger partial charge in [-0.2, -0.15) is 0 Å². The molecule has 1 spiro atoms. The van der Waals surface area contributed by atoms with E-state index in [1.54, 1.807) is 16.7 Å². The maximum Gasteiger partial charge on any atom is 0.244 e. The molecule has 196 valence electrons. The molecule has 5 atom stereocenters. The Morgan fingerprint density at radius 2 is 1.83 bits per heavy atom. The number of rotatable bonds is 9. The number of likely N-dealkylation sites (tertiary alicyclic amines) is 1. The first kappa shape index (κ1) is 25.6. The van der Waals surface area contributed by atoms with Crippen LogP contribution < -0.4 is 10.6 Å². The van der Waals surface area contributed by atoms with E-state index < -0.39 is 22.6 Å². The number of fused-ring (bicyclic) bond motifs is 1. The molecule has 2 unspecified atom stereocenters. The first-order chi connectivity index (χ1) is 17.4. The smallest absolute Gasteiger partial charge is 0.244 e. The fourth-order valence-corrected chi connectivity index (χ4v) is 9.54. The SMILES string of the molecule is C[C@]12CCC3(S1)C(C(=O)NC1CCCCC1)N(CCCCO)C(=O)[C@@H]3[C@H]2C(=O)NCc1ccccc1. The zero-order valence-corrected chi connectivity index (χ0v) is 22.0. The van der Waals surface area contributed by atoms with Crippen LogP contribution in [0.3, 0.4) is 0 Å². The van der Waals surface area contributed by atoms with Crippen LogP contribution in [0, 0.1) is 11.8 Å². The van der Waals surface area contributed by atoms with E-state index in [0.29, 0.717) is 25.9 Å². The summed E-state index contributed by atoms with van der Waals surface area (Å²) in [6.07, 6.45) is 8.26. The van der Waals surface area contributed by atoms with E-state index in [-0.39, 0.29) is 35.1 Å². The minimum atomic E-state index is -0.571. The second kappa shape index (κ2) is 10.4. The zero-order valence-electron chi connectivity index (χ0n) is 21.2. The van der Waals surface area contributed by atoms with E-state index in [2.05, 4.69) is 17.6 Å². The Hall–Kier alpha value is -2.06. The summed E-state index contributed by atoms with van der Waals surface area (Å²) in [6, 6.07) is 9.41. The number of thioether (sulfide) groups is 1. The summed E-state index contributed by atoms with van der Waals surface area (Å²) >= 11 is 1.72. The number of unbranched alkanes of at least 4 members (excludes halogenated alkanes) is 1. The molecule has 3 amide bonds. The molecule has 1 saturated carbocycles. The Morgan fingerprint density at radius 1 is 1.08 bits per heavy atom. The number of benzene rings is 1. The number of hydrogen-bond acceptors (Lipinski definition) is 5. The summed E-state index contributed by atoms with van der Waals surface area (Å²) in [5, 5.41) is 15.7. The third-order valence-corrected chi connectivity index (χ3v) is 10.9. The molecule has 4 aliphatic rings. The monoisotopic (exact) mass is 513 g/mol. The zero-order chi connectivity index (χ0) is 25.3. The third-order valence-electron chi connectivity index (χ3n) is 8.88. The van der Waals surface area contributed by atoms with Crippen molar-refractivity contribution in [3.63, 3.8) is 0 Å². The maximum atomic E-state index is 14.0. The number of aliphatic hydroxyl groups is 1. The van der Waals surface area contributed by atoms with Crippen LogP contribution in [-0.2, 0) is 20.9 Å². The number of nitrogens with zero attached hydrogens (tertiary/aromatic N) is 1. The molecule has 36 heavy (non-hydrogen) atoms. The number of carbonyl (C=O) groups is 3. The van der Waals surface area contributed by atoms with E-state index in [9.17, 15) is 19.5 Å². The van der Waals surface area contributed by atoms with Gasteiger partial charge in [-0.25, -0.2) is 0 Å². The lowest BCUT2D eigenvalue weighted by molar-refractivity contribution is -0.141. The number of amides is 3. The predicted molar refractivity (Wildman–Crippen MR) is 140 cm³/mol. The molecule has 3 heterocycles. The molecule has 7 nitrogen and oxygen atoms in total. The van der Waals surface area contributed by atoms with Gasteiger partial charge >= 0.3 is 0 Å². The summed E-state index contributed by atoms with van der Waals surface area (Å²) in [4.78, 5) is 43.2. The van der Waals surface area contributed by atoms with Crippen molar-refractivity contribution in [3.8, 4) is 0 Å². The Labute approximate surface area is 218 Å². The van der Waals surface area contributed by atoms with Crippen molar-refractivity contribution in [2.75, 3.05) is 13.2 Å². The second-order valence-electron chi connectivity index (χ2n) is 11.2. The van der Waals surface area contributed by atoms with Crippen LogP contribution in [0.2, 0.25) is 0 Å². The third kappa shape index (κ3) is 4.44. The van der Waals surface area contributed by atoms with Gasteiger partial charge in [0, 0.05) is 30.5 Å². The van der Waals surface area contributed by atoms with Crippen LogP contribution in [-0.4, -0.2) is 62.5 Å². The maximum absolute atomic E-state index is 14.0. The summed E-state index contributed by atoms with van der Waals surface area (Å²) in [7, 11) is 0. The number of nitrogens with one attached hydrogen (secondary N) is 2. The van der Waals surface area contributed by atoms with E-state index in [1.165, 1.54) is 6.42 Å². The van der Waals surface area contributed by atoms with Crippen molar-refractivity contribution in [2.45, 2.75) is 92.8 Å². The molecular formula is C28H39N3O4S. The van der Waals surface area contributed by atoms with Gasteiger partial charge in [-0.05, 0) is 51.0 Å². The average molecular weight is 514 g/mol. The van der Waals surface area contributed by atoms with Crippen molar-refractivity contribution >= 4 is 29.5 Å². The highest BCUT2D eigenvalue weighted by molar-refractivity contribution is 8.02. The highest BCUT2D eigenvalue weighted by atomic mass is 32.2. The Bertz CT molecular complexity index is 984. The molecule has 1 aromatic carbocycles. The van der Waals surface area contributed by atoms with Crippen molar-refractivity contribution in [1.29, 1.82) is 0 Å². The molecule has 1 aliphatic carbocycles. The summed E-state index contributed by atoms with van der Waals surface area (Å²) in [6.45, 7) is 3.04.